The van der Waals surface area contributed by atoms with Crippen molar-refractivity contribution in [2.24, 2.45) is 0 Å². The minimum Gasteiger partial charge on any atom is -0.444 e. The van der Waals surface area contributed by atoms with E-state index in [1.54, 1.807) is 4.90 Å². The van der Waals surface area contributed by atoms with Crippen LogP contribution in [-0.2, 0) is 9.53 Å². The molecule has 0 radical (unpaired) electrons. The zero-order valence-electron chi connectivity index (χ0n) is 16.0. The smallest absolute Gasteiger partial charge is 0.410 e. The number of carbonyl (C=O) groups excluding carboxylic acids is 2. The van der Waals surface area contributed by atoms with E-state index < -0.39 is 5.60 Å². The van der Waals surface area contributed by atoms with Crippen LogP contribution in [0.25, 0.3) is 0 Å². The van der Waals surface area contributed by atoms with Gasteiger partial charge in [0.1, 0.15) is 11.6 Å². The molecule has 1 aromatic rings. The van der Waals surface area contributed by atoms with Gasteiger partial charge < -0.3 is 14.5 Å². The second kappa shape index (κ2) is 8.16. The molecule has 2 unspecified atom stereocenters. The van der Waals surface area contributed by atoms with Gasteiger partial charge in [-0.1, -0.05) is 28.1 Å². The van der Waals surface area contributed by atoms with Crippen molar-refractivity contribution in [1.82, 2.24) is 20.7 Å². The molecule has 0 aliphatic carbocycles. The second-order valence-corrected chi connectivity index (χ2v) is 8.89. The quantitative estimate of drug-likeness (QED) is 0.741. The molecule has 2 N–H and O–H groups in total. The highest BCUT2D eigenvalue weighted by atomic mass is 79.9. The number of nitrogens with zero attached hydrogens (tertiary/aromatic N) is 2. The van der Waals surface area contributed by atoms with Crippen LogP contribution in [0.2, 0.25) is 0 Å². The SMILES string of the molecule is CC(C)(C)OC(=O)N1CCN(C(=O)C2CC(c3ccc(Br)cc3)NN2)CC1. The molecule has 2 heterocycles. The summed E-state index contributed by atoms with van der Waals surface area (Å²) in [6.07, 6.45) is 0.387. The summed E-state index contributed by atoms with van der Waals surface area (Å²) in [5.41, 5.74) is 6.98. The average molecular weight is 439 g/mol. The van der Waals surface area contributed by atoms with E-state index in [2.05, 4.69) is 38.9 Å². The van der Waals surface area contributed by atoms with Crippen LogP contribution in [0.1, 0.15) is 38.8 Å². The minimum atomic E-state index is -0.508. The summed E-state index contributed by atoms with van der Waals surface area (Å²) in [6.45, 7) is 7.61. The van der Waals surface area contributed by atoms with Crippen molar-refractivity contribution in [2.45, 2.75) is 44.9 Å². The molecule has 0 saturated carbocycles. The molecule has 2 atom stereocenters. The van der Waals surface area contributed by atoms with Crippen LogP contribution in [0.15, 0.2) is 28.7 Å². The Balaban J connectivity index is 1.50. The van der Waals surface area contributed by atoms with Crippen LogP contribution in [-0.4, -0.2) is 59.6 Å². The number of benzene rings is 1. The summed E-state index contributed by atoms with van der Waals surface area (Å²) < 4.78 is 6.44. The van der Waals surface area contributed by atoms with E-state index in [1.165, 1.54) is 0 Å². The van der Waals surface area contributed by atoms with Crippen LogP contribution < -0.4 is 10.9 Å². The maximum absolute atomic E-state index is 12.8. The normalized spacial score (nSPS) is 23.4. The molecule has 7 nitrogen and oxygen atoms in total. The van der Waals surface area contributed by atoms with Crippen molar-refractivity contribution in [3.63, 3.8) is 0 Å². The maximum Gasteiger partial charge on any atom is 0.410 e. The summed E-state index contributed by atoms with van der Waals surface area (Å²) in [5.74, 6) is 0.0750. The monoisotopic (exact) mass is 438 g/mol. The van der Waals surface area contributed by atoms with Gasteiger partial charge in [0.2, 0.25) is 5.91 Å². The Morgan fingerprint density at radius 2 is 1.63 bits per heavy atom. The molecule has 2 amide bonds. The van der Waals surface area contributed by atoms with Crippen molar-refractivity contribution in [1.29, 1.82) is 0 Å². The van der Waals surface area contributed by atoms with Crippen LogP contribution in [0, 0.1) is 0 Å². The highest BCUT2D eigenvalue weighted by Gasteiger charge is 2.35. The van der Waals surface area contributed by atoms with Crippen LogP contribution in [0.3, 0.4) is 0 Å². The van der Waals surface area contributed by atoms with E-state index in [0.29, 0.717) is 32.6 Å². The van der Waals surface area contributed by atoms with Gasteiger partial charge in [-0.05, 0) is 44.9 Å². The van der Waals surface area contributed by atoms with E-state index in [9.17, 15) is 9.59 Å². The molecule has 2 aliphatic rings. The van der Waals surface area contributed by atoms with Crippen LogP contribution in [0.4, 0.5) is 4.79 Å². The third-order valence-electron chi connectivity index (χ3n) is 4.72. The molecule has 2 fully saturated rings. The van der Waals surface area contributed by atoms with E-state index >= 15 is 0 Å². The minimum absolute atomic E-state index is 0.0750. The molecule has 27 heavy (non-hydrogen) atoms. The number of hydrogen-bond acceptors (Lipinski definition) is 5. The number of hydrogen-bond donors (Lipinski definition) is 2. The average Bonchev–Trinajstić information content (AvgIpc) is 3.10. The number of hydrazine groups is 1. The Morgan fingerprint density at radius 1 is 1.04 bits per heavy atom. The Bertz CT molecular complexity index is 681. The lowest BCUT2D eigenvalue weighted by Gasteiger charge is -2.36. The topological polar surface area (TPSA) is 73.9 Å². The maximum atomic E-state index is 12.8. The Morgan fingerprint density at radius 3 is 2.22 bits per heavy atom. The van der Waals surface area contributed by atoms with Crippen molar-refractivity contribution in [3.8, 4) is 0 Å². The number of carbonyl (C=O) groups is 2. The number of amides is 2. The van der Waals surface area contributed by atoms with Crippen LogP contribution in [0.5, 0.6) is 0 Å². The van der Waals surface area contributed by atoms with E-state index in [0.717, 1.165) is 10.0 Å². The molecule has 0 aromatic heterocycles. The third kappa shape index (κ3) is 5.21. The largest absolute Gasteiger partial charge is 0.444 e. The standard InChI is InChI=1S/C19H27BrN4O3/c1-19(2,3)27-18(26)24-10-8-23(9-11-24)17(25)16-12-15(21-22-16)13-4-6-14(20)7-5-13/h4-7,15-16,21-22H,8-12H2,1-3H3. The van der Waals surface area contributed by atoms with E-state index in [1.807, 2.05) is 37.8 Å². The number of nitrogens with one attached hydrogen (secondary N) is 2. The predicted octanol–water partition coefficient (Wildman–Crippen LogP) is 2.44. The van der Waals surface area contributed by atoms with Gasteiger partial charge in [0, 0.05) is 36.7 Å². The van der Waals surface area contributed by atoms with Crippen molar-refractivity contribution >= 4 is 27.9 Å². The van der Waals surface area contributed by atoms with Gasteiger partial charge in [-0.2, -0.15) is 0 Å². The zero-order chi connectivity index (χ0) is 19.6. The first-order chi connectivity index (χ1) is 12.7. The Hall–Kier alpha value is -1.64. The molecule has 1 aromatic carbocycles. The zero-order valence-corrected chi connectivity index (χ0v) is 17.6. The summed E-state index contributed by atoms with van der Waals surface area (Å²) in [6, 6.07) is 7.96. The number of piperazine rings is 1. The molecular weight excluding hydrogens is 412 g/mol. The fourth-order valence-electron chi connectivity index (χ4n) is 3.29. The lowest BCUT2D eigenvalue weighted by molar-refractivity contribution is -0.135. The van der Waals surface area contributed by atoms with Gasteiger partial charge in [0.25, 0.3) is 0 Å². The lowest BCUT2D eigenvalue weighted by atomic mass is 10.0. The molecule has 148 valence electrons. The summed E-state index contributed by atoms with van der Waals surface area (Å²) in [7, 11) is 0. The van der Waals surface area contributed by atoms with Gasteiger partial charge in [0.15, 0.2) is 0 Å². The van der Waals surface area contributed by atoms with Crippen molar-refractivity contribution in [2.75, 3.05) is 26.2 Å². The number of halogens is 1. The fourth-order valence-corrected chi connectivity index (χ4v) is 3.55. The predicted molar refractivity (Wildman–Crippen MR) is 106 cm³/mol. The van der Waals surface area contributed by atoms with Gasteiger partial charge in [-0.15, -0.1) is 0 Å². The summed E-state index contributed by atoms with van der Waals surface area (Å²) in [4.78, 5) is 28.5. The molecule has 2 aliphatic heterocycles. The molecule has 2 saturated heterocycles. The molecular formula is C19H27BrN4O3. The van der Waals surface area contributed by atoms with Crippen molar-refractivity contribution in [3.05, 3.63) is 34.3 Å². The van der Waals surface area contributed by atoms with Gasteiger partial charge >= 0.3 is 6.09 Å². The van der Waals surface area contributed by atoms with Gasteiger partial charge in [0.05, 0.1) is 0 Å². The number of rotatable bonds is 2. The van der Waals surface area contributed by atoms with E-state index in [4.69, 9.17) is 4.74 Å². The first-order valence-electron chi connectivity index (χ1n) is 9.26. The third-order valence-corrected chi connectivity index (χ3v) is 5.25. The summed E-state index contributed by atoms with van der Waals surface area (Å²) >= 11 is 3.44. The first-order valence-corrected chi connectivity index (χ1v) is 10.1. The van der Waals surface area contributed by atoms with Gasteiger partial charge in [-0.25, -0.2) is 15.6 Å². The first kappa shape index (κ1) is 20.1. The van der Waals surface area contributed by atoms with Crippen molar-refractivity contribution < 1.29 is 14.3 Å². The van der Waals surface area contributed by atoms with E-state index in [-0.39, 0.29) is 24.1 Å². The Kier molecular flexibility index (Phi) is 6.08. The fraction of sp³-hybridized carbons (Fsp3) is 0.579. The molecule has 8 heteroatoms. The highest BCUT2D eigenvalue weighted by Crippen LogP contribution is 2.25. The molecule has 3 rings (SSSR count). The highest BCUT2D eigenvalue weighted by molar-refractivity contribution is 9.10. The summed E-state index contributed by atoms with van der Waals surface area (Å²) in [5, 5.41) is 0. The van der Waals surface area contributed by atoms with Gasteiger partial charge in [-0.3, -0.25) is 4.79 Å². The number of ether oxygens (including phenoxy) is 1. The Labute approximate surface area is 168 Å². The second-order valence-electron chi connectivity index (χ2n) is 7.97. The molecule has 0 bridgehead atoms. The lowest BCUT2D eigenvalue weighted by Crippen LogP contribution is -2.55. The van der Waals surface area contributed by atoms with Crippen LogP contribution >= 0.6 is 15.9 Å². The molecule has 0 spiro atoms.